The van der Waals surface area contributed by atoms with Gasteiger partial charge in [-0.15, -0.1) is 6.58 Å². The first kappa shape index (κ1) is 15.1. The van der Waals surface area contributed by atoms with Crippen LogP contribution >= 0.6 is 11.6 Å². The molecule has 0 bridgehead atoms. The molecule has 100 valence electrons. The van der Waals surface area contributed by atoms with Crippen molar-refractivity contribution < 1.29 is 0 Å². The smallest absolute Gasteiger partial charge is 0.0642 e. The van der Waals surface area contributed by atoms with Crippen LogP contribution in [0.25, 0.3) is 0 Å². The molecule has 18 heavy (non-hydrogen) atoms. The Bertz CT molecular complexity index is 390. The predicted molar refractivity (Wildman–Crippen MR) is 81.6 cm³/mol. The van der Waals surface area contributed by atoms with Gasteiger partial charge in [0.1, 0.15) is 0 Å². The number of nitrogens with zero attached hydrogens (tertiary/aromatic N) is 1. The van der Waals surface area contributed by atoms with Crippen molar-refractivity contribution in [2.24, 2.45) is 0 Å². The van der Waals surface area contributed by atoms with Gasteiger partial charge in [0.2, 0.25) is 0 Å². The van der Waals surface area contributed by atoms with E-state index in [9.17, 15) is 0 Å². The lowest BCUT2D eigenvalue weighted by molar-refractivity contribution is 0.652. The molecule has 0 radical (unpaired) electrons. The first-order chi connectivity index (χ1) is 8.60. The van der Waals surface area contributed by atoms with Crippen molar-refractivity contribution in [3.8, 4) is 0 Å². The highest BCUT2D eigenvalue weighted by Gasteiger charge is 2.09. The average Bonchev–Trinajstić information content (AvgIpc) is 2.37. The summed E-state index contributed by atoms with van der Waals surface area (Å²) in [7, 11) is 4.03. The molecule has 0 fully saturated rings. The Kier molecular flexibility index (Phi) is 6.23. The summed E-state index contributed by atoms with van der Waals surface area (Å²) < 4.78 is 0. The summed E-state index contributed by atoms with van der Waals surface area (Å²) in [5, 5.41) is 4.03. The monoisotopic (exact) mass is 266 g/mol. The molecule has 0 aliphatic heterocycles. The maximum Gasteiger partial charge on any atom is 0.0642 e. The van der Waals surface area contributed by atoms with E-state index in [-0.39, 0.29) is 0 Å². The van der Waals surface area contributed by atoms with Crippen LogP contribution in [0.1, 0.15) is 31.4 Å². The van der Waals surface area contributed by atoms with Gasteiger partial charge in [-0.2, -0.15) is 0 Å². The first-order valence-corrected chi connectivity index (χ1v) is 6.76. The number of allylic oxidation sites excluding steroid dienone is 1. The quantitative estimate of drug-likeness (QED) is 0.592. The molecule has 1 unspecified atom stereocenters. The molecule has 1 N–H and O–H groups in total. The molecule has 0 saturated carbocycles. The molecular formula is C15H23ClN2. The van der Waals surface area contributed by atoms with Gasteiger partial charge in [-0.3, -0.25) is 0 Å². The molecule has 0 spiro atoms. The molecule has 1 aromatic carbocycles. The van der Waals surface area contributed by atoms with E-state index in [0.717, 1.165) is 30.1 Å². The van der Waals surface area contributed by atoms with Crippen LogP contribution in [0.3, 0.4) is 0 Å². The van der Waals surface area contributed by atoms with Crippen LogP contribution in [0.5, 0.6) is 0 Å². The molecule has 3 heteroatoms. The van der Waals surface area contributed by atoms with Crippen LogP contribution < -0.4 is 10.2 Å². The number of hydrogen-bond acceptors (Lipinski definition) is 2. The van der Waals surface area contributed by atoms with Gasteiger partial charge in [-0.25, -0.2) is 0 Å². The number of anilines is 1. The largest absolute Gasteiger partial charge is 0.373 e. The van der Waals surface area contributed by atoms with Crippen LogP contribution in [0.4, 0.5) is 5.69 Å². The third kappa shape index (κ3) is 4.04. The Labute approximate surface area is 116 Å². The lowest BCUT2D eigenvalue weighted by Crippen LogP contribution is -2.19. The van der Waals surface area contributed by atoms with Crippen LogP contribution in [0.15, 0.2) is 30.9 Å². The number of rotatable bonds is 7. The van der Waals surface area contributed by atoms with Crippen LogP contribution in [-0.2, 0) is 0 Å². The van der Waals surface area contributed by atoms with Crippen molar-refractivity contribution in [3.05, 3.63) is 41.4 Å². The van der Waals surface area contributed by atoms with Crippen LogP contribution in [-0.4, -0.2) is 20.6 Å². The zero-order chi connectivity index (χ0) is 13.5. The van der Waals surface area contributed by atoms with Crippen LogP contribution in [0, 0.1) is 0 Å². The van der Waals surface area contributed by atoms with E-state index >= 15 is 0 Å². The summed E-state index contributed by atoms with van der Waals surface area (Å²) in [6.07, 6.45) is 4.09. The molecule has 0 saturated heterocycles. The second kappa shape index (κ2) is 7.45. The maximum atomic E-state index is 6.35. The minimum atomic E-state index is 0.322. The van der Waals surface area contributed by atoms with E-state index in [4.69, 9.17) is 11.6 Å². The van der Waals surface area contributed by atoms with E-state index in [0.29, 0.717) is 6.04 Å². The van der Waals surface area contributed by atoms with Gasteiger partial charge < -0.3 is 10.2 Å². The molecule has 1 rings (SSSR count). The summed E-state index contributed by atoms with van der Waals surface area (Å²) in [6.45, 7) is 6.85. The fourth-order valence-electron chi connectivity index (χ4n) is 1.86. The maximum absolute atomic E-state index is 6.35. The minimum absolute atomic E-state index is 0.322. The molecule has 0 amide bonds. The lowest BCUT2D eigenvalue weighted by atomic mass is 10.1. The second-order valence-electron chi connectivity index (χ2n) is 4.57. The third-order valence-electron chi connectivity index (χ3n) is 3.22. The van der Waals surface area contributed by atoms with Crippen molar-refractivity contribution in [1.29, 1.82) is 0 Å². The zero-order valence-corrected chi connectivity index (χ0v) is 12.3. The van der Waals surface area contributed by atoms with Gasteiger partial charge in [-0.05, 0) is 44.5 Å². The Morgan fingerprint density at radius 1 is 1.50 bits per heavy atom. The van der Waals surface area contributed by atoms with Crippen molar-refractivity contribution in [1.82, 2.24) is 5.32 Å². The molecule has 0 aromatic heterocycles. The fraction of sp³-hybridized carbons (Fsp3) is 0.467. The van der Waals surface area contributed by atoms with Gasteiger partial charge in [0.05, 0.1) is 10.7 Å². The van der Waals surface area contributed by atoms with Gasteiger partial charge in [-0.1, -0.05) is 23.7 Å². The molecule has 1 atom stereocenters. The Balaban J connectivity index is 2.75. The molecule has 2 nitrogen and oxygen atoms in total. The molecule has 1 aromatic rings. The van der Waals surface area contributed by atoms with Crippen molar-refractivity contribution in [2.45, 2.75) is 25.8 Å². The number of hydrogen-bond donors (Lipinski definition) is 1. The van der Waals surface area contributed by atoms with Crippen molar-refractivity contribution >= 4 is 17.3 Å². The Morgan fingerprint density at radius 3 is 2.78 bits per heavy atom. The van der Waals surface area contributed by atoms with E-state index in [1.54, 1.807) is 0 Å². The Hall–Kier alpha value is -0.990. The standard InChI is InChI=1S/C15H23ClN2/c1-5-6-7-10-18(4)15-9-8-13(11-14(15)16)12(2)17-3/h5,8-9,11-12,17H,1,6-7,10H2,2-4H3. The summed E-state index contributed by atoms with van der Waals surface area (Å²) in [4.78, 5) is 2.19. The van der Waals surface area contributed by atoms with Gasteiger partial charge in [0, 0.05) is 19.6 Å². The first-order valence-electron chi connectivity index (χ1n) is 6.39. The SMILES string of the molecule is C=CCCCN(C)c1ccc(C(C)NC)cc1Cl. The van der Waals surface area contributed by atoms with E-state index in [1.807, 2.05) is 19.2 Å². The lowest BCUT2D eigenvalue weighted by Gasteiger charge is -2.21. The molecule has 0 heterocycles. The zero-order valence-electron chi connectivity index (χ0n) is 11.5. The molecule has 0 aliphatic carbocycles. The topological polar surface area (TPSA) is 15.3 Å². The summed E-state index contributed by atoms with van der Waals surface area (Å²) in [6, 6.07) is 6.59. The fourth-order valence-corrected chi connectivity index (χ4v) is 2.20. The average molecular weight is 267 g/mol. The van der Waals surface area contributed by atoms with E-state index in [2.05, 4.69) is 42.9 Å². The number of unbranched alkanes of at least 4 members (excludes halogenated alkanes) is 1. The highest BCUT2D eigenvalue weighted by Crippen LogP contribution is 2.28. The normalized spacial score (nSPS) is 12.2. The van der Waals surface area contributed by atoms with Crippen molar-refractivity contribution in [2.75, 3.05) is 25.5 Å². The second-order valence-corrected chi connectivity index (χ2v) is 4.98. The number of nitrogens with one attached hydrogen (secondary N) is 1. The van der Waals surface area contributed by atoms with Crippen LogP contribution in [0.2, 0.25) is 5.02 Å². The highest BCUT2D eigenvalue weighted by atomic mass is 35.5. The summed E-state index contributed by atoms with van der Waals surface area (Å²) >= 11 is 6.35. The molecular weight excluding hydrogens is 244 g/mol. The summed E-state index contributed by atoms with van der Waals surface area (Å²) in [5.74, 6) is 0. The van der Waals surface area contributed by atoms with E-state index < -0.39 is 0 Å². The Morgan fingerprint density at radius 2 is 2.22 bits per heavy atom. The van der Waals surface area contributed by atoms with Gasteiger partial charge >= 0.3 is 0 Å². The van der Waals surface area contributed by atoms with Crippen molar-refractivity contribution in [3.63, 3.8) is 0 Å². The van der Waals surface area contributed by atoms with E-state index in [1.165, 1.54) is 5.56 Å². The number of halogens is 1. The predicted octanol–water partition coefficient (Wildman–Crippen LogP) is 4.02. The minimum Gasteiger partial charge on any atom is -0.373 e. The molecule has 0 aliphatic rings. The highest BCUT2D eigenvalue weighted by molar-refractivity contribution is 6.33. The van der Waals surface area contributed by atoms with Gasteiger partial charge in [0.25, 0.3) is 0 Å². The third-order valence-corrected chi connectivity index (χ3v) is 3.52. The van der Waals surface area contributed by atoms with Gasteiger partial charge in [0.15, 0.2) is 0 Å². The summed E-state index contributed by atoms with van der Waals surface area (Å²) in [5.41, 5.74) is 2.30. The number of benzene rings is 1.